The van der Waals surface area contributed by atoms with Gasteiger partial charge in [-0.2, -0.15) is 0 Å². The summed E-state index contributed by atoms with van der Waals surface area (Å²) in [6.07, 6.45) is 3.51. The lowest BCUT2D eigenvalue weighted by Gasteiger charge is -2.21. The number of nitrogens with one attached hydrogen (secondary N) is 1. The molecule has 178 valence electrons. The maximum atomic E-state index is 13.3. The summed E-state index contributed by atoms with van der Waals surface area (Å²) >= 11 is 0. The van der Waals surface area contributed by atoms with E-state index in [0.717, 1.165) is 11.1 Å². The van der Waals surface area contributed by atoms with Gasteiger partial charge in [0.15, 0.2) is 0 Å². The molecule has 0 fully saturated rings. The number of rotatable bonds is 9. The number of imidazole rings is 1. The Kier molecular flexibility index (Phi) is 7.11. The molecule has 0 bridgehead atoms. The number of ether oxygens (including phenoxy) is 2. The summed E-state index contributed by atoms with van der Waals surface area (Å²) in [5.41, 5.74) is 7.75. The van der Waals surface area contributed by atoms with Crippen molar-refractivity contribution in [3.63, 3.8) is 0 Å². The molecule has 0 spiro atoms. The Balaban J connectivity index is 1.56. The highest BCUT2D eigenvalue weighted by molar-refractivity contribution is 5.96. The number of aryl methyl sites for hydroxylation is 1. The lowest BCUT2D eigenvalue weighted by atomic mass is 10.0. The van der Waals surface area contributed by atoms with Crippen LogP contribution >= 0.6 is 0 Å². The highest BCUT2D eigenvalue weighted by atomic mass is 16.5. The van der Waals surface area contributed by atoms with E-state index in [1.165, 1.54) is 0 Å². The number of hydrogen-bond donors (Lipinski definition) is 2. The largest absolute Gasteiger partial charge is 0.496 e. The van der Waals surface area contributed by atoms with Crippen LogP contribution in [0.3, 0.4) is 0 Å². The van der Waals surface area contributed by atoms with Gasteiger partial charge in [0.2, 0.25) is 0 Å². The van der Waals surface area contributed by atoms with E-state index in [4.69, 9.17) is 15.2 Å². The molecule has 35 heavy (non-hydrogen) atoms. The smallest absolute Gasteiger partial charge is 0.252 e. The van der Waals surface area contributed by atoms with E-state index in [2.05, 4.69) is 10.3 Å². The minimum absolute atomic E-state index is 0.167. The Morgan fingerprint density at radius 2 is 1.77 bits per heavy atom. The zero-order chi connectivity index (χ0) is 24.8. The molecule has 0 aliphatic heterocycles. The van der Waals surface area contributed by atoms with Gasteiger partial charge in [-0.1, -0.05) is 42.5 Å². The molecule has 0 saturated heterocycles. The van der Waals surface area contributed by atoms with Gasteiger partial charge < -0.3 is 25.1 Å². The van der Waals surface area contributed by atoms with Crippen LogP contribution < -0.4 is 20.5 Å². The Bertz CT molecular complexity index is 1350. The number of amides is 2. The number of para-hydroxylation sites is 2. The third-order valence-electron chi connectivity index (χ3n) is 5.58. The topological polar surface area (TPSA) is 108 Å². The average Bonchev–Trinajstić information content (AvgIpc) is 3.31. The first-order valence-corrected chi connectivity index (χ1v) is 11.0. The molecule has 8 nitrogen and oxygen atoms in total. The van der Waals surface area contributed by atoms with Crippen molar-refractivity contribution in [3.05, 3.63) is 113 Å². The van der Waals surface area contributed by atoms with Gasteiger partial charge in [0.1, 0.15) is 30.0 Å². The van der Waals surface area contributed by atoms with E-state index >= 15 is 0 Å². The Morgan fingerprint density at radius 1 is 1.03 bits per heavy atom. The fourth-order valence-corrected chi connectivity index (χ4v) is 3.82. The normalized spacial score (nSPS) is 11.5. The SMILES string of the molecule is COc1ccccc1C(NC(=O)c1cccc(COc2ccccc2C(N)=O)c1)c1nccn1C. The summed E-state index contributed by atoms with van der Waals surface area (Å²) in [6.45, 7) is 0.167. The number of benzene rings is 3. The van der Waals surface area contributed by atoms with Crippen LogP contribution in [-0.2, 0) is 13.7 Å². The second-order valence-corrected chi connectivity index (χ2v) is 7.89. The molecule has 1 aromatic heterocycles. The first-order valence-electron chi connectivity index (χ1n) is 11.0. The van der Waals surface area contributed by atoms with Crippen LogP contribution in [-0.4, -0.2) is 28.5 Å². The van der Waals surface area contributed by atoms with Gasteiger partial charge in [-0.3, -0.25) is 9.59 Å². The van der Waals surface area contributed by atoms with E-state index in [-0.39, 0.29) is 12.5 Å². The minimum Gasteiger partial charge on any atom is -0.496 e. The third kappa shape index (κ3) is 5.33. The molecule has 4 aromatic rings. The van der Waals surface area contributed by atoms with Crippen LogP contribution in [0.25, 0.3) is 0 Å². The lowest BCUT2D eigenvalue weighted by molar-refractivity contribution is 0.0939. The van der Waals surface area contributed by atoms with Gasteiger partial charge in [0.05, 0.1) is 12.7 Å². The van der Waals surface area contributed by atoms with Crippen LogP contribution in [0.4, 0.5) is 0 Å². The third-order valence-corrected chi connectivity index (χ3v) is 5.58. The van der Waals surface area contributed by atoms with Gasteiger partial charge in [-0.05, 0) is 35.9 Å². The van der Waals surface area contributed by atoms with E-state index in [1.807, 2.05) is 48.1 Å². The summed E-state index contributed by atoms with van der Waals surface area (Å²) in [7, 11) is 3.47. The molecule has 1 heterocycles. The highest BCUT2D eigenvalue weighted by Gasteiger charge is 2.24. The number of nitrogens with zero attached hydrogens (tertiary/aromatic N) is 2. The van der Waals surface area contributed by atoms with Crippen molar-refractivity contribution < 1.29 is 19.1 Å². The predicted octanol–water partition coefficient (Wildman–Crippen LogP) is 3.63. The molecule has 1 unspecified atom stereocenters. The van der Waals surface area contributed by atoms with Gasteiger partial charge in [0, 0.05) is 30.6 Å². The Hall–Kier alpha value is -4.59. The molecular weight excluding hydrogens is 444 g/mol. The molecular formula is C27H26N4O4. The van der Waals surface area contributed by atoms with E-state index in [0.29, 0.717) is 28.5 Å². The fourth-order valence-electron chi connectivity index (χ4n) is 3.82. The Labute approximate surface area is 203 Å². The van der Waals surface area contributed by atoms with Crippen LogP contribution in [0, 0.1) is 0 Å². The van der Waals surface area contributed by atoms with Crippen LogP contribution in [0.5, 0.6) is 11.5 Å². The van der Waals surface area contributed by atoms with Gasteiger partial charge >= 0.3 is 0 Å². The first kappa shape index (κ1) is 23.6. The second-order valence-electron chi connectivity index (χ2n) is 7.89. The molecule has 0 saturated carbocycles. The second kappa shape index (κ2) is 10.6. The average molecular weight is 471 g/mol. The maximum Gasteiger partial charge on any atom is 0.252 e. The van der Waals surface area contributed by atoms with Gasteiger partial charge in [-0.15, -0.1) is 0 Å². The summed E-state index contributed by atoms with van der Waals surface area (Å²) < 4.78 is 13.2. The molecule has 3 N–H and O–H groups in total. The van der Waals surface area contributed by atoms with E-state index in [9.17, 15) is 9.59 Å². The molecule has 4 rings (SSSR count). The monoisotopic (exact) mass is 470 g/mol. The first-order chi connectivity index (χ1) is 17.0. The van der Waals surface area contributed by atoms with Crippen LogP contribution in [0.1, 0.15) is 43.7 Å². The van der Waals surface area contributed by atoms with Gasteiger partial charge in [0.25, 0.3) is 11.8 Å². The lowest BCUT2D eigenvalue weighted by Crippen LogP contribution is -2.31. The summed E-state index contributed by atoms with van der Waals surface area (Å²) in [4.78, 5) is 29.4. The van der Waals surface area contributed by atoms with Crippen molar-refractivity contribution in [2.24, 2.45) is 12.8 Å². The number of carbonyl (C=O) groups excluding carboxylic acids is 2. The summed E-state index contributed by atoms with van der Waals surface area (Å²) in [5, 5.41) is 3.09. The number of nitrogens with two attached hydrogens (primary N) is 1. The summed E-state index contributed by atoms with van der Waals surface area (Å²) in [5.74, 6) is 0.871. The number of aromatic nitrogens is 2. The van der Waals surface area contributed by atoms with Crippen molar-refractivity contribution in [1.82, 2.24) is 14.9 Å². The quantitative estimate of drug-likeness (QED) is 0.388. The predicted molar refractivity (Wildman–Crippen MR) is 131 cm³/mol. The number of primary amides is 1. The molecule has 3 aromatic carbocycles. The fraction of sp³-hybridized carbons (Fsp3) is 0.148. The maximum absolute atomic E-state index is 13.3. The molecule has 1 atom stereocenters. The molecule has 0 radical (unpaired) electrons. The van der Waals surface area contributed by atoms with Crippen LogP contribution in [0.15, 0.2) is 85.2 Å². The van der Waals surface area contributed by atoms with Crippen molar-refractivity contribution in [2.75, 3.05) is 7.11 Å². The molecule has 2 amide bonds. The number of carbonyl (C=O) groups is 2. The van der Waals surface area contributed by atoms with Crippen LogP contribution in [0.2, 0.25) is 0 Å². The van der Waals surface area contributed by atoms with Crippen molar-refractivity contribution in [2.45, 2.75) is 12.6 Å². The van der Waals surface area contributed by atoms with Crippen molar-refractivity contribution in [1.29, 1.82) is 0 Å². The Morgan fingerprint density at radius 3 is 2.49 bits per heavy atom. The number of methoxy groups -OCH3 is 1. The van der Waals surface area contributed by atoms with Gasteiger partial charge in [-0.25, -0.2) is 4.98 Å². The minimum atomic E-state index is -0.564. The molecule has 0 aliphatic carbocycles. The summed E-state index contributed by atoms with van der Waals surface area (Å²) in [6, 6.07) is 20.9. The highest BCUT2D eigenvalue weighted by Crippen LogP contribution is 2.29. The molecule has 0 aliphatic rings. The molecule has 8 heteroatoms. The zero-order valence-electron chi connectivity index (χ0n) is 19.5. The van der Waals surface area contributed by atoms with Crippen molar-refractivity contribution >= 4 is 11.8 Å². The van der Waals surface area contributed by atoms with E-state index < -0.39 is 11.9 Å². The zero-order valence-corrected chi connectivity index (χ0v) is 19.5. The van der Waals surface area contributed by atoms with E-state index in [1.54, 1.807) is 55.8 Å². The number of hydrogen-bond acceptors (Lipinski definition) is 5. The standard InChI is InChI=1S/C27H26N4O4/c1-31-15-14-29-26(31)24(20-10-3-5-12-22(20)34-2)30-27(33)19-9-7-8-18(16-19)17-35-23-13-6-4-11-21(23)25(28)32/h3-16,24H,17H2,1-2H3,(H2,28,32)(H,30,33). The van der Waals surface area contributed by atoms with Crippen molar-refractivity contribution in [3.8, 4) is 11.5 Å².